The molecule has 0 aliphatic carbocycles. The Hall–Kier alpha value is -1.68. The Labute approximate surface area is 122 Å². The molecule has 2 atom stereocenters. The lowest BCUT2D eigenvalue weighted by molar-refractivity contribution is -0.126. The van der Waals surface area contributed by atoms with E-state index >= 15 is 0 Å². The van der Waals surface area contributed by atoms with E-state index in [-0.39, 0.29) is 17.9 Å². The first-order chi connectivity index (χ1) is 9.70. The number of carbonyl (C=O) groups is 1. The summed E-state index contributed by atoms with van der Waals surface area (Å²) in [6.45, 7) is 1.64. The number of benzene rings is 1. The topological polar surface area (TPSA) is 48.1 Å². The fourth-order valence-corrected chi connectivity index (χ4v) is 3.63. The SMILES string of the molecule is O=C1N[C@H]2CC[C@@H]1CN(c1cc(Cl)cc3[nH]ccc13)C2. The lowest BCUT2D eigenvalue weighted by Gasteiger charge is -2.25. The molecule has 5 rings (SSSR count). The van der Waals surface area contributed by atoms with Crippen LogP contribution < -0.4 is 10.2 Å². The van der Waals surface area contributed by atoms with Gasteiger partial charge in [0.05, 0.1) is 5.92 Å². The average Bonchev–Trinajstić information content (AvgIpc) is 2.70. The van der Waals surface area contributed by atoms with Crippen molar-refractivity contribution in [1.82, 2.24) is 10.3 Å². The molecule has 2 N–H and O–H groups in total. The molecule has 0 saturated carbocycles. The molecule has 4 nitrogen and oxygen atoms in total. The number of rotatable bonds is 1. The summed E-state index contributed by atoms with van der Waals surface area (Å²) < 4.78 is 0. The van der Waals surface area contributed by atoms with Crippen LogP contribution in [0, 0.1) is 5.92 Å². The van der Waals surface area contributed by atoms with Crippen molar-refractivity contribution < 1.29 is 4.79 Å². The predicted molar refractivity (Wildman–Crippen MR) is 80.2 cm³/mol. The molecule has 1 aromatic carbocycles. The number of carbonyl (C=O) groups excluding carboxylic acids is 1. The summed E-state index contributed by atoms with van der Waals surface area (Å²) >= 11 is 6.23. The number of fused-ring (bicyclic) bond motifs is 5. The van der Waals surface area contributed by atoms with E-state index in [1.165, 1.54) is 5.39 Å². The molecule has 20 heavy (non-hydrogen) atoms. The lowest BCUT2D eigenvalue weighted by atomic mass is 9.96. The van der Waals surface area contributed by atoms with Crippen LogP contribution >= 0.6 is 11.6 Å². The third-order valence-electron chi connectivity index (χ3n) is 4.41. The van der Waals surface area contributed by atoms with Gasteiger partial charge in [-0.15, -0.1) is 0 Å². The molecule has 4 heterocycles. The molecule has 0 radical (unpaired) electrons. The predicted octanol–water partition coefficient (Wildman–Crippen LogP) is 2.54. The average molecular weight is 290 g/mol. The van der Waals surface area contributed by atoms with E-state index in [9.17, 15) is 4.79 Å². The number of halogens is 1. The number of hydrogen-bond donors (Lipinski definition) is 2. The lowest BCUT2D eigenvalue weighted by Crippen LogP contribution is -2.43. The minimum absolute atomic E-state index is 0.0988. The van der Waals surface area contributed by atoms with Crippen molar-refractivity contribution in [2.24, 2.45) is 5.92 Å². The molecule has 104 valence electrons. The Bertz CT molecular complexity index is 681. The molecule has 3 aliphatic heterocycles. The highest BCUT2D eigenvalue weighted by Gasteiger charge is 2.35. The molecule has 3 fully saturated rings. The number of aromatic nitrogens is 1. The first-order valence-electron chi connectivity index (χ1n) is 7.02. The molecule has 1 aromatic heterocycles. The Kier molecular flexibility index (Phi) is 2.67. The quantitative estimate of drug-likeness (QED) is 0.847. The maximum Gasteiger partial charge on any atom is 0.225 e. The zero-order valence-corrected chi connectivity index (χ0v) is 11.8. The monoisotopic (exact) mass is 289 g/mol. The Balaban J connectivity index is 1.79. The number of nitrogens with one attached hydrogen (secondary N) is 2. The van der Waals surface area contributed by atoms with Crippen molar-refractivity contribution in [2.45, 2.75) is 18.9 Å². The fourth-order valence-electron chi connectivity index (χ4n) is 3.41. The van der Waals surface area contributed by atoms with Gasteiger partial charge in [0.25, 0.3) is 0 Å². The van der Waals surface area contributed by atoms with E-state index in [4.69, 9.17) is 11.6 Å². The maximum absolute atomic E-state index is 12.0. The number of hydrogen-bond acceptors (Lipinski definition) is 2. The van der Waals surface area contributed by atoms with E-state index in [0.29, 0.717) is 0 Å². The summed E-state index contributed by atoms with van der Waals surface area (Å²) in [4.78, 5) is 17.5. The number of anilines is 1. The molecular weight excluding hydrogens is 274 g/mol. The van der Waals surface area contributed by atoms with Crippen LogP contribution in [0.3, 0.4) is 0 Å². The molecule has 2 bridgehead atoms. The van der Waals surface area contributed by atoms with E-state index in [1.54, 1.807) is 0 Å². The van der Waals surface area contributed by atoms with Crippen LogP contribution in [0.2, 0.25) is 5.02 Å². The molecule has 0 spiro atoms. The van der Waals surface area contributed by atoms with Gasteiger partial charge >= 0.3 is 0 Å². The molecule has 2 aromatic rings. The van der Waals surface area contributed by atoms with Crippen molar-refractivity contribution in [3.05, 3.63) is 29.4 Å². The first-order valence-corrected chi connectivity index (χ1v) is 7.40. The summed E-state index contributed by atoms with van der Waals surface area (Å²) in [6, 6.07) is 6.28. The van der Waals surface area contributed by atoms with Crippen molar-refractivity contribution in [3.8, 4) is 0 Å². The van der Waals surface area contributed by atoms with Gasteiger partial charge in [-0.1, -0.05) is 11.6 Å². The maximum atomic E-state index is 12.0. The highest BCUT2D eigenvalue weighted by atomic mass is 35.5. The van der Waals surface area contributed by atoms with Crippen LogP contribution in [0.15, 0.2) is 24.4 Å². The Morgan fingerprint density at radius 2 is 2.15 bits per heavy atom. The van der Waals surface area contributed by atoms with Gasteiger partial charge in [0.15, 0.2) is 0 Å². The van der Waals surface area contributed by atoms with Gasteiger partial charge < -0.3 is 15.2 Å². The van der Waals surface area contributed by atoms with Crippen LogP contribution in [0.1, 0.15) is 12.8 Å². The van der Waals surface area contributed by atoms with Crippen LogP contribution in [0.5, 0.6) is 0 Å². The minimum Gasteiger partial charge on any atom is -0.368 e. The van der Waals surface area contributed by atoms with Crippen molar-refractivity contribution in [1.29, 1.82) is 0 Å². The smallest absolute Gasteiger partial charge is 0.225 e. The highest BCUT2D eigenvalue weighted by molar-refractivity contribution is 6.31. The summed E-state index contributed by atoms with van der Waals surface area (Å²) in [7, 11) is 0. The molecule has 3 saturated heterocycles. The summed E-state index contributed by atoms with van der Waals surface area (Å²) in [6.07, 6.45) is 3.99. The normalized spacial score (nSPS) is 25.9. The highest BCUT2D eigenvalue weighted by Crippen LogP contribution is 2.33. The van der Waals surface area contributed by atoms with Gasteiger partial charge in [0.1, 0.15) is 0 Å². The summed E-state index contributed by atoms with van der Waals surface area (Å²) in [5, 5.41) is 5.01. The van der Waals surface area contributed by atoms with Gasteiger partial charge in [0, 0.05) is 46.9 Å². The summed E-state index contributed by atoms with van der Waals surface area (Å²) in [5.41, 5.74) is 2.17. The number of nitrogens with zero attached hydrogens (tertiary/aromatic N) is 1. The van der Waals surface area contributed by atoms with Crippen LogP contribution in [-0.2, 0) is 4.79 Å². The second-order valence-corrected chi connectivity index (χ2v) is 6.19. The third-order valence-corrected chi connectivity index (χ3v) is 4.63. The molecule has 3 aliphatic rings. The number of H-pyrrole nitrogens is 1. The largest absolute Gasteiger partial charge is 0.368 e. The molecule has 1 amide bonds. The van der Waals surface area contributed by atoms with E-state index in [2.05, 4.69) is 21.3 Å². The zero-order valence-electron chi connectivity index (χ0n) is 11.0. The van der Waals surface area contributed by atoms with Gasteiger partial charge in [-0.2, -0.15) is 0 Å². The van der Waals surface area contributed by atoms with E-state index in [1.807, 2.05) is 18.3 Å². The van der Waals surface area contributed by atoms with Crippen molar-refractivity contribution in [2.75, 3.05) is 18.0 Å². The standard InChI is InChI=1S/C15H16ClN3O/c16-10-5-13-12(3-4-17-13)14(6-10)19-7-9-1-2-11(8-19)18-15(9)20/h3-6,9,11,17H,1-2,7-8H2,(H,18,20)/t9-,11+/m1/s1. The molecular formula is C15H16ClN3O. The molecule has 0 unspecified atom stereocenters. The second kappa shape index (κ2) is 4.42. The van der Waals surface area contributed by atoms with Gasteiger partial charge in [-0.3, -0.25) is 4.79 Å². The van der Waals surface area contributed by atoms with Gasteiger partial charge in [-0.25, -0.2) is 0 Å². The van der Waals surface area contributed by atoms with Crippen LogP contribution in [0.25, 0.3) is 10.9 Å². The van der Waals surface area contributed by atoms with Crippen molar-refractivity contribution in [3.63, 3.8) is 0 Å². The molecule has 5 heteroatoms. The number of piperidine rings is 1. The number of amides is 1. The zero-order chi connectivity index (χ0) is 13.7. The van der Waals surface area contributed by atoms with Gasteiger partial charge in [-0.05, 0) is 31.0 Å². The first kappa shape index (κ1) is 12.1. The van der Waals surface area contributed by atoms with Crippen LogP contribution in [0.4, 0.5) is 5.69 Å². The van der Waals surface area contributed by atoms with E-state index in [0.717, 1.165) is 42.2 Å². The second-order valence-electron chi connectivity index (χ2n) is 5.75. The third kappa shape index (κ3) is 1.86. The Morgan fingerprint density at radius 3 is 3.00 bits per heavy atom. The Morgan fingerprint density at radius 1 is 1.25 bits per heavy atom. The van der Waals surface area contributed by atoms with Crippen molar-refractivity contribution >= 4 is 34.1 Å². The minimum atomic E-state index is 0.0988. The van der Waals surface area contributed by atoms with E-state index < -0.39 is 0 Å². The summed E-state index contributed by atoms with van der Waals surface area (Å²) in [5.74, 6) is 0.304. The van der Waals surface area contributed by atoms with Gasteiger partial charge in [0.2, 0.25) is 5.91 Å². The number of aromatic amines is 1. The fraction of sp³-hybridized carbons (Fsp3) is 0.400. The van der Waals surface area contributed by atoms with Crippen LogP contribution in [-0.4, -0.2) is 30.0 Å².